The minimum absolute atomic E-state index is 0.0387. The van der Waals surface area contributed by atoms with E-state index >= 15 is 0 Å². The Hall–Kier alpha value is -4.23. The molecule has 3 heterocycles. The second-order valence-electron chi connectivity index (χ2n) is 12.0. The molecule has 220 valence electrons. The second kappa shape index (κ2) is 12.2. The standard InChI is InChI=1S/C28H33N3O.C8H6N2O/c32-28(27-7-3-4-14-29-27)31-17-15-30(16-18-31)22-10-13-24-21(19-22)9-12-25-23-6-2-1-5-20(23)8-11-26(24)25;11-8-6-3-1-2-4-7(6)9-5-10-8/h2,6,9-10,12-13,19,27,29H,1,3-5,7-8,11,14-18H2;1-5H,(H,9,10,11). The summed E-state index contributed by atoms with van der Waals surface area (Å²) in [5.41, 5.74) is 8.03. The molecule has 1 amide bonds. The van der Waals surface area contributed by atoms with E-state index in [2.05, 4.69) is 67.6 Å². The third-order valence-electron chi connectivity index (χ3n) is 9.47. The first-order valence-corrected chi connectivity index (χ1v) is 15.8. The number of benzene rings is 3. The van der Waals surface area contributed by atoms with Crippen LogP contribution in [0.25, 0.3) is 27.2 Å². The van der Waals surface area contributed by atoms with E-state index in [1.165, 1.54) is 71.6 Å². The van der Waals surface area contributed by atoms with Crippen LogP contribution in [0.15, 0.2) is 83.4 Å². The van der Waals surface area contributed by atoms with Gasteiger partial charge in [-0.3, -0.25) is 9.59 Å². The zero-order valence-corrected chi connectivity index (χ0v) is 24.6. The zero-order chi connectivity index (χ0) is 29.2. The molecule has 3 aromatic carbocycles. The predicted molar refractivity (Wildman–Crippen MR) is 174 cm³/mol. The molecule has 0 bridgehead atoms. The lowest BCUT2D eigenvalue weighted by atomic mass is 9.79. The Morgan fingerprint density at radius 1 is 0.907 bits per heavy atom. The van der Waals surface area contributed by atoms with Gasteiger partial charge in [-0.05, 0) is 96.8 Å². The zero-order valence-electron chi connectivity index (χ0n) is 24.6. The number of nitrogens with zero attached hydrogens (tertiary/aromatic N) is 3. The lowest BCUT2D eigenvalue weighted by Gasteiger charge is -2.38. The van der Waals surface area contributed by atoms with Gasteiger partial charge in [-0.1, -0.05) is 54.5 Å². The molecule has 1 aromatic heterocycles. The number of H-pyrrole nitrogens is 1. The molecular weight excluding hydrogens is 534 g/mol. The summed E-state index contributed by atoms with van der Waals surface area (Å²) in [5, 5.41) is 6.80. The van der Waals surface area contributed by atoms with Crippen LogP contribution in [0.2, 0.25) is 0 Å². The van der Waals surface area contributed by atoms with Crippen LogP contribution < -0.4 is 15.8 Å². The average Bonchev–Trinajstić information content (AvgIpc) is 3.08. The molecule has 2 saturated heterocycles. The van der Waals surface area contributed by atoms with E-state index < -0.39 is 0 Å². The lowest BCUT2D eigenvalue weighted by Crippen LogP contribution is -2.55. The van der Waals surface area contributed by atoms with Crippen LogP contribution in [0, 0.1) is 0 Å². The van der Waals surface area contributed by atoms with Crippen molar-refractivity contribution >= 4 is 38.8 Å². The number of aromatic amines is 1. The summed E-state index contributed by atoms with van der Waals surface area (Å²) in [6, 6.07) is 18.9. The lowest BCUT2D eigenvalue weighted by molar-refractivity contribution is -0.134. The first-order chi connectivity index (χ1) is 21.2. The van der Waals surface area contributed by atoms with Crippen molar-refractivity contribution in [3.8, 4) is 0 Å². The highest BCUT2D eigenvalue weighted by Gasteiger charge is 2.28. The van der Waals surface area contributed by atoms with E-state index in [9.17, 15) is 9.59 Å². The topological polar surface area (TPSA) is 81.3 Å². The summed E-state index contributed by atoms with van der Waals surface area (Å²) in [4.78, 5) is 34.9. The largest absolute Gasteiger partial charge is 0.368 e. The molecule has 43 heavy (non-hydrogen) atoms. The van der Waals surface area contributed by atoms with Gasteiger partial charge in [0.2, 0.25) is 5.91 Å². The van der Waals surface area contributed by atoms with Gasteiger partial charge in [0.1, 0.15) is 0 Å². The number of aryl methyl sites for hydroxylation is 1. The summed E-state index contributed by atoms with van der Waals surface area (Å²) in [6.45, 7) is 4.45. The molecule has 2 N–H and O–H groups in total. The number of nitrogens with one attached hydrogen (secondary N) is 2. The van der Waals surface area contributed by atoms with E-state index in [1.807, 2.05) is 18.2 Å². The fraction of sp³-hybridized carbons (Fsp3) is 0.361. The van der Waals surface area contributed by atoms with Crippen LogP contribution in [0.4, 0.5) is 5.69 Å². The Balaban J connectivity index is 0.000000229. The number of fused-ring (bicyclic) bond motifs is 5. The Labute approximate surface area is 252 Å². The summed E-state index contributed by atoms with van der Waals surface area (Å²) < 4.78 is 0. The van der Waals surface area contributed by atoms with Crippen LogP contribution in [-0.2, 0) is 11.2 Å². The molecule has 2 aliphatic heterocycles. The van der Waals surface area contributed by atoms with Crippen molar-refractivity contribution < 1.29 is 4.79 Å². The first kappa shape index (κ1) is 27.6. The summed E-state index contributed by atoms with van der Waals surface area (Å²) >= 11 is 0. The van der Waals surface area contributed by atoms with Crippen molar-refractivity contribution in [2.45, 2.75) is 51.0 Å². The fourth-order valence-corrected chi connectivity index (χ4v) is 7.11. The number of aromatic nitrogens is 2. The molecule has 7 nitrogen and oxygen atoms in total. The molecule has 0 spiro atoms. The number of piperidine rings is 1. The van der Waals surface area contributed by atoms with E-state index in [0.717, 1.165) is 51.1 Å². The van der Waals surface area contributed by atoms with E-state index in [-0.39, 0.29) is 11.6 Å². The van der Waals surface area contributed by atoms with Crippen molar-refractivity contribution in [1.29, 1.82) is 0 Å². The number of hydrogen-bond acceptors (Lipinski definition) is 5. The highest BCUT2D eigenvalue weighted by molar-refractivity contribution is 5.95. The SMILES string of the molecule is O=C(C1CCCCN1)N1CCN(c2ccc3c4c(ccc3c2)C2=C(CCC=C2)CC4)CC1.O=c1[nH]cnc2ccccc12. The molecule has 2 fully saturated rings. The number of carbonyl (C=O) groups is 1. The molecule has 2 aliphatic carbocycles. The third kappa shape index (κ3) is 5.62. The Morgan fingerprint density at radius 3 is 2.63 bits per heavy atom. The van der Waals surface area contributed by atoms with Gasteiger partial charge in [0.05, 0.1) is 23.3 Å². The number of rotatable bonds is 2. The van der Waals surface area contributed by atoms with Crippen molar-refractivity contribution in [2.24, 2.45) is 0 Å². The molecule has 7 heteroatoms. The number of anilines is 1. The van der Waals surface area contributed by atoms with Gasteiger partial charge in [0, 0.05) is 31.9 Å². The predicted octanol–water partition coefficient (Wildman–Crippen LogP) is 5.60. The summed E-state index contributed by atoms with van der Waals surface area (Å²) in [6.07, 6.45) is 14.2. The Kier molecular flexibility index (Phi) is 7.81. The smallest absolute Gasteiger partial charge is 0.258 e. The highest BCUT2D eigenvalue weighted by atomic mass is 16.2. The molecule has 0 saturated carbocycles. The maximum Gasteiger partial charge on any atom is 0.258 e. The molecular formula is C36H39N5O2. The van der Waals surface area contributed by atoms with Gasteiger partial charge >= 0.3 is 0 Å². The van der Waals surface area contributed by atoms with Crippen LogP contribution in [0.1, 0.15) is 49.7 Å². The number of amides is 1. The quantitative estimate of drug-likeness (QED) is 0.326. The van der Waals surface area contributed by atoms with Gasteiger partial charge in [-0.25, -0.2) is 4.98 Å². The third-order valence-corrected chi connectivity index (χ3v) is 9.47. The van der Waals surface area contributed by atoms with Crippen LogP contribution in [-0.4, -0.2) is 59.5 Å². The Morgan fingerprint density at radius 2 is 1.79 bits per heavy atom. The number of hydrogen-bond donors (Lipinski definition) is 2. The first-order valence-electron chi connectivity index (χ1n) is 15.8. The van der Waals surface area contributed by atoms with Gasteiger partial charge < -0.3 is 20.1 Å². The second-order valence-corrected chi connectivity index (χ2v) is 12.0. The van der Waals surface area contributed by atoms with E-state index in [0.29, 0.717) is 11.3 Å². The number of para-hydroxylation sites is 1. The number of carbonyl (C=O) groups excluding carboxylic acids is 1. The normalized spacial score (nSPS) is 20.0. The summed E-state index contributed by atoms with van der Waals surface area (Å²) in [5.74, 6) is 0.305. The number of allylic oxidation sites excluding steroid dienone is 4. The molecule has 0 radical (unpaired) electrons. The highest BCUT2D eigenvalue weighted by Crippen LogP contribution is 2.40. The van der Waals surface area contributed by atoms with Crippen LogP contribution >= 0.6 is 0 Å². The summed E-state index contributed by atoms with van der Waals surface area (Å²) in [7, 11) is 0. The van der Waals surface area contributed by atoms with Gasteiger partial charge in [0.15, 0.2) is 0 Å². The molecule has 1 unspecified atom stereocenters. The van der Waals surface area contributed by atoms with Crippen LogP contribution in [0.5, 0.6) is 0 Å². The fourth-order valence-electron chi connectivity index (χ4n) is 7.11. The van der Waals surface area contributed by atoms with Crippen molar-refractivity contribution in [3.05, 3.63) is 100 Å². The molecule has 4 aliphatic rings. The maximum atomic E-state index is 12.8. The molecule has 4 aromatic rings. The average molecular weight is 574 g/mol. The minimum atomic E-state index is -0.0874. The van der Waals surface area contributed by atoms with Gasteiger partial charge in [0.25, 0.3) is 5.56 Å². The minimum Gasteiger partial charge on any atom is -0.368 e. The Bertz CT molecular complexity index is 1770. The van der Waals surface area contributed by atoms with Gasteiger partial charge in [-0.2, -0.15) is 0 Å². The van der Waals surface area contributed by atoms with Crippen molar-refractivity contribution in [1.82, 2.24) is 20.2 Å². The van der Waals surface area contributed by atoms with E-state index in [1.54, 1.807) is 11.6 Å². The van der Waals surface area contributed by atoms with E-state index in [4.69, 9.17) is 0 Å². The van der Waals surface area contributed by atoms with Crippen LogP contribution in [0.3, 0.4) is 0 Å². The maximum absolute atomic E-state index is 12.8. The van der Waals surface area contributed by atoms with Crippen molar-refractivity contribution in [3.63, 3.8) is 0 Å². The van der Waals surface area contributed by atoms with Crippen molar-refractivity contribution in [2.75, 3.05) is 37.6 Å². The molecule has 8 rings (SSSR count). The van der Waals surface area contributed by atoms with Gasteiger partial charge in [-0.15, -0.1) is 0 Å². The molecule has 1 atom stereocenters. The number of piperazine rings is 1. The monoisotopic (exact) mass is 573 g/mol.